The summed E-state index contributed by atoms with van der Waals surface area (Å²) in [5, 5.41) is 14.0. The van der Waals surface area contributed by atoms with Gasteiger partial charge in [-0.05, 0) is 71.8 Å². The standard InChI is InChI=1S/C19H19FN6O3S/c20-15-5-7-16(8-6-15)26-18(22-23-24-26)13-21-19(27)14-3-9-17(10-4-14)30(28,29)25-11-1-2-12-25/h3-10H,1-2,11-13H2,(H,21,27). The molecule has 1 aliphatic rings. The van der Waals surface area contributed by atoms with E-state index in [9.17, 15) is 17.6 Å². The summed E-state index contributed by atoms with van der Waals surface area (Å²) in [6, 6.07) is 11.4. The quantitative estimate of drug-likeness (QED) is 0.635. The van der Waals surface area contributed by atoms with E-state index < -0.39 is 15.9 Å². The van der Waals surface area contributed by atoms with Gasteiger partial charge in [-0.25, -0.2) is 12.8 Å². The van der Waals surface area contributed by atoms with Gasteiger partial charge in [-0.1, -0.05) is 0 Å². The van der Waals surface area contributed by atoms with Gasteiger partial charge in [0.05, 0.1) is 17.1 Å². The van der Waals surface area contributed by atoms with Crippen molar-refractivity contribution >= 4 is 15.9 Å². The molecule has 1 aromatic heterocycles. The highest BCUT2D eigenvalue weighted by molar-refractivity contribution is 7.89. The molecule has 1 fully saturated rings. The summed E-state index contributed by atoms with van der Waals surface area (Å²) in [5.41, 5.74) is 0.873. The van der Waals surface area contributed by atoms with E-state index in [0.29, 0.717) is 30.2 Å². The summed E-state index contributed by atoms with van der Waals surface area (Å²) in [4.78, 5) is 12.6. The minimum absolute atomic E-state index is 0.0387. The van der Waals surface area contributed by atoms with Crippen LogP contribution in [0.4, 0.5) is 4.39 Å². The van der Waals surface area contributed by atoms with Gasteiger partial charge in [-0.15, -0.1) is 5.10 Å². The molecule has 0 aliphatic carbocycles. The summed E-state index contributed by atoms with van der Waals surface area (Å²) in [7, 11) is -3.52. The highest BCUT2D eigenvalue weighted by Crippen LogP contribution is 2.21. The smallest absolute Gasteiger partial charge is 0.251 e. The summed E-state index contributed by atoms with van der Waals surface area (Å²) >= 11 is 0. The van der Waals surface area contributed by atoms with Crippen molar-refractivity contribution in [2.24, 2.45) is 0 Å². The molecule has 3 aromatic rings. The highest BCUT2D eigenvalue weighted by atomic mass is 32.2. The van der Waals surface area contributed by atoms with Gasteiger partial charge in [-0.2, -0.15) is 8.99 Å². The number of aromatic nitrogens is 4. The lowest BCUT2D eigenvalue weighted by Crippen LogP contribution is -2.28. The second-order valence-electron chi connectivity index (χ2n) is 6.80. The number of hydrogen-bond acceptors (Lipinski definition) is 6. The Balaban J connectivity index is 1.43. The number of benzene rings is 2. The number of rotatable bonds is 6. The number of carbonyl (C=O) groups is 1. The molecule has 1 N–H and O–H groups in total. The largest absolute Gasteiger partial charge is 0.345 e. The molecule has 156 valence electrons. The van der Waals surface area contributed by atoms with Gasteiger partial charge in [0.1, 0.15) is 5.82 Å². The van der Waals surface area contributed by atoms with E-state index in [2.05, 4.69) is 20.8 Å². The number of amides is 1. The molecule has 0 saturated carbocycles. The molecule has 2 aromatic carbocycles. The summed E-state index contributed by atoms with van der Waals surface area (Å²) in [6.07, 6.45) is 1.72. The number of hydrogen-bond donors (Lipinski definition) is 1. The first kappa shape index (κ1) is 20.1. The maximum atomic E-state index is 13.1. The molecule has 4 rings (SSSR count). The zero-order valence-corrected chi connectivity index (χ0v) is 16.7. The van der Waals surface area contributed by atoms with Gasteiger partial charge in [0.2, 0.25) is 10.0 Å². The zero-order chi connectivity index (χ0) is 21.1. The van der Waals surface area contributed by atoms with Crippen molar-refractivity contribution in [3.8, 4) is 5.69 Å². The van der Waals surface area contributed by atoms with Crippen LogP contribution in [0.2, 0.25) is 0 Å². The van der Waals surface area contributed by atoms with E-state index in [1.807, 2.05) is 0 Å². The molecule has 0 radical (unpaired) electrons. The van der Waals surface area contributed by atoms with E-state index in [4.69, 9.17) is 0 Å². The Hall–Kier alpha value is -3.18. The third kappa shape index (κ3) is 4.07. The van der Waals surface area contributed by atoms with Crippen LogP contribution in [0.25, 0.3) is 5.69 Å². The predicted octanol–water partition coefficient (Wildman–Crippen LogP) is 1.52. The molecule has 0 atom stereocenters. The molecular formula is C19H19FN6O3S. The Labute approximate surface area is 172 Å². The first-order valence-corrected chi connectivity index (χ1v) is 10.8. The summed E-state index contributed by atoms with van der Waals surface area (Å²) in [6.45, 7) is 1.08. The number of halogens is 1. The van der Waals surface area contributed by atoms with Crippen LogP contribution in [0.15, 0.2) is 53.4 Å². The van der Waals surface area contributed by atoms with Crippen molar-refractivity contribution in [1.82, 2.24) is 29.8 Å². The lowest BCUT2D eigenvalue weighted by Gasteiger charge is -2.15. The Kier molecular flexibility index (Phi) is 5.55. The molecule has 0 unspecified atom stereocenters. The van der Waals surface area contributed by atoms with Gasteiger partial charge in [0.15, 0.2) is 5.82 Å². The van der Waals surface area contributed by atoms with Crippen LogP contribution in [-0.4, -0.2) is 51.9 Å². The second kappa shape index (κ2) is 8.28. The number of tetrazole rings is 1. The Morgan fingerprint density at radius 2 is 1.70 bits per heavy atom. The normalized spacial score (nSPS) is 14.7. The van der Waals surface area contributed by atoms with E-state index >= 15 is 0 Å². The van der Waals surface area contributed by atoms with E-state index in [-0.39, 0.29) is 17.3 Å². The molecule has 1 saturated heterocycles. The predicted molar refractivity (Wildman–Crippen MR) is 105 cm³/mol. The monoisotopic (exact) mass is 430 g/mol. The number of nitrogens with zero attached hydrogens (tertiary/aromatic N) is 5. The number of nitrogens with one attached hydrogen (secondary N) is 1. The van der Waals surface area contributed by atoms with Gasteiger partial charge in [0.25, 0.3) is 5.91 Å². The van der Waals surface area contributed by atoms with E-state index in [1.54, 1.807) is 0 Å². The van der Waals surface area contributed by atoms with E-state index in [1.165, 1.54) is 57.5 Å². The zero-order valence-electron chi connectivity index (χ0n) is 15.9. The maximum absolute atomic E-state index is 13.1. The van der Waals surface area contributed by atoms with Crippen molar-refractivity contribution in [3.05, 3.63) is 65.7 Å². The van der Waals surface area contributed by atoms with Crippen LogP contribution in [0.5, 0.6) is 0 Å². The molecule has 11 heteroatoms. The number of sulfonamides is 1. The average molecular weight is 430 g/mol. The fourth-order valence-corrected chi connectivity index (χ4v) is 4.73. The maximum Gasteiger partial charge on any atom is 0.251 e. The third-order valence-electron chi connectivity index (χ3n) is 4.83. The molecule has 30 heavy (non-hydrogen) atoms. The van der Waals surface area contributed by atoms with Gasteiger partial charge >= 0.3 is 0 Å². The molecule has 9 nitrogen and oxygen atoms in total. The van der Waals surface area contributed by atoms with Crippen LogP contribution in [0, 0.1) is 5.82 Å². The minimum atomic E-state index is -3.52. The van der Waals surface area contributed by atoms with Gasteiger partial charge in [0, 0.05) is 18.7 Å². The molecular weight excluding hydrogens is 411 g/mol. The molecule has 1 aliphatic heterocycles. The van der Waals surface area contributed by atoms with Crippen molar-refractivity contribution < 1.29 is 17.6 Å². The van der Waals surface area contributed by atoms with Crippen molar-refractivity contribution in [3.63, 3.8) is 0 Å². The van der Waals surface area contributed by atoms with Gasteiger partial charge < -0.3 is 5.32 Å². The minimum Gasteiger partial charge on any atom is -0.345 e. The fraction of sp³-hybridized carbons (Fsp3) is 0.263. The topological polar surface area (TPSA) is 110 Å². The van der Waals surface area contributed by atoms with Crippen LogP contribution >= 0.6 is 0 Å². The second-order valence-corrected chi connectivity index (χ2v) is 8.74. The van der Waals surface area contributed by atoms with Crippen LogP contribution in [-0.2, 0) is 16.6 Å². The lowest BCUT2D eigenvalue weighted by atomic mass is 10.2. The van der Waals surface area contributed by atoms with Crippen LogP contribution in [0.1, 0.15) is 29.0 Å². The van der Waals surface area contributed by atoms with Crippen molar-refractivity contribution in [2.45, 2.75) is 24.3 Å². The Bertz CT molecular complexity index is 1140. The van der Waals surface area contributed by atoms with E-state index in [0.717, 1.165) is 12.8 Å². The summed E-state index contributed by atoms with van der Waals surface area (Å²) < 4.78 is 41.1. The molecule has 1 amide bonds. The molecule has 0 bridgehead atoms. The summed E-state index contributed by atoms with van der Waals surface area (Å²) in [5.74, 6) is -0.408. The average Bonchev–Trinajstić information content (AvgIpc) is 3.45. The fourth-order valence-electron chi connectivity index (χ4n) is 3.22. The van der Waals surface area contributed by atoms with Crippen LogP contribution < -0.4 is 5.32 Å². The van der Waals surface area contributed by atoms with Crippen molar-refractivity contribution in [2.75, 3.05) is 13.1 Å². The third-order valence-corrected chi connectivity index (χ3v) is 6.74. The van der Waals surface area contributed by atoms with Gasteiger partial charge in [-0.3, -0.25) is 4.79 Å². The SMILES string of the molecule is O=C(NCc1nnnn1-c1ccc(F)cc1)c1ccc(S(=O)(=O)N2CCCC2)cc1. The first-order valence-electron chi connectivity index (χ1n) is 9.37. The Morgan fingerprint density at radius 1 is 1.03 bits per heavy atom. The van der Waals surface area contributed by atoms with Crippen molar-refractivity contribution in [1.29, 1.82) is 0 Å². The van der Waals surface area contributed by atoms with Crippen LogP contribution in [0.3, 0.4) is 0 Å². The highest BCUT2D eigenvalue weighted by Gasteiger charge is 2.27. The lowest BCUT2D eigenvalue weighted by molar-refractivity contribution is 0.0949. The first-order chi connectivity index (χ1) is 14.4. The molecule has 0 spiro atoms. The number of carbonyl (C=O) groups excluding carboxylic acids is 1. The molecule has 2 heterocycles. The Morgan fingerprint density at radius 3 is 2.37 bits per heavy atom.